The predicted octanol–water partition coefficient (Wildman–Crippen LogP) is 4.43. The smallest absolute Gasteiger partial charge is 0.325 e. The molecule has 0 spiro atoms. The van der Waals surface area contributed by atoms with E-state index in [1.807, 2.05) is 12.1 Å². The van der Waals surface area contributed by atoms with Crippen LogP contribution >= 0.6 is 11.6 Å². The van der Waals surface area contributed by atoms with Crippen LogP contribution in [0.1, 0.15) is 18.2 Å². The fraction of sp³-hybridized carbons (Fsp3) is 0.217. The Hall–Kier alpha value is -3.83. The van der Waals surface area contributed by atoms with Crippen molar-refractivity contribution in [3.8, 4) is 11.8 Å². The largest absolute Gasteiger partial charge is 0.490 e. The van der Waals surface area contributed by atoms with Gasteiger partial charge in [0, 0.05) is 17.3 Å². The highest BCUT2D eigenvalue weighted by Crippen LogP contribution is 2.35. The Bertz CT molecular complexity index is 1130. The van der Waals surface area contributed by atoms with Crippen LogP contribution in [0, 0.1) is 18.3 Å². The summed E-state index contributed by atoms with van der Waals surface area (Å²) in [5.74, 6) is 0.568. The van der Waals surface area contributed by atoms with Crippen molar-refractivity contribution in [1.29, 1.82) is 5.26 Å². The number of anilines is 3. The highest BCUT2D eigenvalue weighted by Gasteiger charge is 2.22. The summed E-state index contributed by atoms with van der Waals surface area (Å²) in [6, 6.07) is 14.3. The van der Waals surface area contributed by atoms with E-state index in [-0.39, 0.29) is 11.5 Å². The first-order chi connectivity index (χ1) is 15.4. The van der Waals surface area contributed by atoms with E-state index in [2.05, 4.69) is 46.9 Å². The number of ether oxygens (including phenoxy) is 1. The van der Waals surface area contributed by atoms with Crippen molar-refractivity contribution in [2.45, 2.75) is 13.8 Å². The number of nitrogens with two attached hydrogens (primary N) is 1. The first-order valence-corrected chi connectivity index (χ1v) is 10.4. The van der Waals surface area contributed by atoms with Crippen LogP contribution in [0.25, 0.3) is 0 Å². The van der Waals surface area contributed by atoms with Gasteiger partial charge >= 0.3 is 6.03 Å². The van der Waals surface area contributed by atoms with Crippen LogP contribution in [0.3, 0.4) is 0 Å². The maximum Gasteiger partial charge on any atom is 0.325 e. The molecular weight excluding hydrogens is 428 g/mol. The Labute approximate surface area is 191 Å². The maximum absolute atomic E-state index is 12.3. The Morgan fingerprint density at radius 2 is 2.03 bits per heavy atom. The van der Waals surface area contributed by atoms with E-state index in [1.165, 1.54) is 18.0 Å². The van der Waals surface area contributed by atoms with Gasteiger partial charge in [0.1, 0.15) is 18.4 Å². The maximum atomic E-state index is 12.3. The third-order valence-electron chi connectivity index (χ3n) is 4.73. The van der Waals surface area contributed by atoms with Gasteiger partial charge in [0.2, 0.25) is 0 Å². The van der Waals surface area contributed by atoms with Crippen LogP contribution in [0.2, 0.25) is 5.02 Å². The number of benzene rings is 2. The van der Waals surface area contributed by atoms with Crippen LogP contribution in [0.15, 0.2) is 54.9 Å². The highest BCUT2D eigenvalue weighted by atomic mass is 35.5. The van der Waals surface area contributed by atoms with E-state index >= 15 is 0 Å². The molecule has 0 radical (unpaired) electrons. The molecule has 0 fully saturated rings. The second kappa shape index (κ2) is 10.5. The molecule has 3 rings (SSSR count). The topological polar surface area (TPSA) is 108 Å². The van der Waals surface area contributed by atoms with E-state index in [0.717, 1.165) is 17.1 Å². The number of carbonyl (C=O) groups excluding carboxylic acids is 1. The molecule has 8 nitrogen and oxygen atoms in total. The lowest BCUT2D eigenvalue weighted by Gasteiger charge is -2.25. The summed E-state index contributed by atoms with van der Waals surface area (Å²) in [5, 5.41) is 9.33. The molecule has 1 aromatic heterocycles. The quantitative estimate of drug-likeness (QED) is 0.543. The summed E-state index contributed by atoms with van der Waals surface area (Å²) in [7, 11) is 0. The first kappa shape index (κ1) is 22.8. The minimum absolute atomic E-state index is 0.122. The van der Waals surface area contributed by atoms with Gasteiger partial charge in [-0.05, 0) is 49.7 Å². The van der Waals surface area contributed by atoms with Gasteiger partial charge in [-0.2, -0.15) is 5.26 Å². The molecule has 0 atom stereocenters. The molecule has 9 heteroatoms. The SMILES string of the molecule is CCN(CCOc1ccc(Cl)cc1N(C(N)=O)c1cnc(C#N)cn1)c1cccc(C)c1. The van der Waals surface area contributed by atoms with Crippen LogP contribution in [-0.2, 0) is 0 Å². The first-order valence-electron chi connectivity index (χ1n) is 9.98. The standard InChI is InChI=1S/C23H23ClN6O2/c1-3-29(19-6-4-5-16(2)11-19)9-10-32-21-8-7-17(24)12-20(21)30(23(26)31)22-15-27-18(13-25)14-28-22/h4-8,11-12,14-15H,3,9-10H2,1-2H3,(H2,26,31). The Morgan fingerprint density at radius 3 is 2.66 bits per heavy atom. The van der Waals surface area contributed by atoms with Crippen LogP contribution in [-0.4, -0.2) is 35.7 Å². The molecule has 0 aliphatic heterocycles. The van der Waals surface area contributed by atoms with Gasteiger partial charge in [-0.25, -0.2) is 19.7 Å². The number of carbonyl (C=O) groups is 1. The second-order valence-corrected chi connectivity index (χ2v) is 7.36. The van der Waals surface area contributed by atoms with Gasteiger partial charge in [0.05, 0.1) is 24.6 Å². The minimum Gasteiger partial charge on any atom is -0.490 e. The number of amides is 2. The third kappa shape index (κ3) is 5.45. The molecule has 0 bridgehead atoms. The summed E-state index contributed by atoms with van der Waals surface area (Å²) in [5.41, 5.74) is 8.38. The van der Waals surface area contributed by atoms with Gasteiger partial charge in [-0.3, -0.25) is 0 Å². The summed E-state index contributed by atoms with van der Waals surface area (Å²) < 4.78 is 6.02. The van der Waals surface area contributed by atoms with Crippen LogP contribution in [0.5, 0.6) is 5.75 Å². The number of hydrogen-bond acceptors (Lipinski definition) is 6. The van der Waals surface area contributed by atoms with Gasteiger partial charge < -0.3 is 15.4 Å². The molecule has 164 valence electrons. The van der Waals surface area contributed by atoms with Crippen molar-refractivity contribution in [1.82, 2.24) is 9.97 Å². The molecule has 1 heterocycles. The number of likely N-dealkylation sites (N-methyl/N-ethyl adjacent to an activating group) is 1. The fourth-order valence-electron chi connectivity index (χ4n) is 3.20. The number of hydrogen-bond donors (Lipinski definition) is 1. The molecule has 0 unspecified atom stereocenters. The molecule has 32 heavy (non-hydrogen) atoms. The molecule has 0 aliphatic carbocycles. The van der Waals surface area contributed by atoms with E-state index in [4.69, 9.17) is 27.3 Å². The number of aromatic nitrogens is 2. The van der Waals surface area contributed by atoms with E-state index in [1.54, 1.807) is 18.2 Å². The Kier molecular flexibility index (Phi) is 7.47. The van der Waals surface area contributed by atoms with Gasteiger partial charge in [-0.15, -0.1) is 0 Å². The van der Waals surface area contributed by atoms with Gasteiger partial charge in [-0.1, -0.05) is 23.7 Å². The zero-order valence-corrected chi connectivity index (χ0v) is 18.6. The van der Waals surface area contributed by atoms with Crippen molar-refractivity contribution < 1.29 is 9.53 Å². The zero-order valence-electron chi connectivity index (χ0n) is 17.8. The van der Waals surface area contributed by atoms with Crippen molar-refractivity contribution >= 4 is 34.8 Å². The molecule has 3 aromatic rings. The van der Waals surface area contributed by atoms with Crippen molar-refractivity contribution in [3.63, 3.8) is 0 Å². The lowest BCUT2D eigenvalue weighted by Crippen LogP contribution is -2.33. The molecule has 0 aliphatic rings. The average molecular weight is 451 g/mol. The molecule has 0 saturated heterocycles. The highest BCUT2D eigenvalue weighted by molar-refractivity contribution is 6.31. The van der Waals surface area contributed by atoms with Crippen molar-refractivity contribution in [3.05, 3.63) is 71.1 Å². The van der Waals surface area contributed by atoms with Crippen molar-refractivity contribution in [2.24, 2.45) is 5.73 Å². The number of nitriles is 1. The average Bonchev–Trinajstić information content (AvgIpc) is 2.78. The molecule has 0 saturated carbocycles. The molecule has 2 aromatic carbocycles. The zero-order chi connectivity index (χ0) is 23.1. The van der Waals surface area contributed by atoms with E-state index in [9.17, 15) is 4.79 Å². The summed E-state index contributed by atoms with van der Waals surface area (Å²) >= 11 is 6.18. The van der Waals surface area contributed by atoms with Crippen LogP contribution in [0.4, 0.5) is 22.0 Å². The summed E-state index contributed by atoms with van der Waals surface area (Å²) in [6.07, 6.45) is 2.56. The second-order valence-electron chi connectivity index (χ2n) is 6.92. The molecule has 2 N–H and O–H groups in total. The van der Waals surface area contributed by atoms with E-state index in [0.29, 0.717) is 29.6 Å². The Morgan fingerprint density at radius 1 is 1.22 bits per heavy atom. The number of primary amides is 1. The number of halogens is 1. The van der Waals surface area contributed by atoms with E-state index < -0.39 is 6.03 Å². The molecular formula is C23H23ClN6O2. The fourth-order valence-corrected chi connectivity index (χ4v) is 3.36. The van der Waals surface area contributed by atoms with Gasteiger partial charge in [0.25, 0.3) is 0 Å². The number of rotatable bonds is 8. The van der Waals surface area contributed by atoms with Crippen molar-refractivity contribution in [2.75, 3.05) is 29.5 Å². The summed E-state index contributed by atoms with van der Waals surface area (Å²) in [6.45, 7) is 5.94. The minimum atomic E-state index is -0.786. The third-order valence-corrected chi connectivity index (χ3v) is 4.97. The lowest BCUT2D eigenvalue weighted by atomic mass is 10.2. The lowest BCUT2D eigenvalue weighted by molar-refractivity contribution is 0.255. The predicted molar refractivity (Wildman–Crippen MR) is 124 cm³/mol. The number of urea groups is 1. The normalized spacial score (nSPS) is 10.3. The Balaban J connectivity index is 1.83. The van der Waals surface area contributed by atoms with Gasteiger partial charge in [0.15, 0.2) is 11.5 Å². The van der Waals surface area contributed by atoms with Crippen LogP contribution < -0.4 is 20.3 Å². The number of aryl methyl sites for hydroxylation is 1. The summed E-state index contributed by atoms with van der Waals surface area (Å²) in [4.78, 5) is 23.7. The number of nitrogens with zero attached hydrogens (tertiary/aromatic N) is 5. The molecule has 2 amide bonds. The monoisotopic (exact) mass is 450 g/mol.